The minimum Gasteiger partial charge on any atom is -0.455 e. The van der Waals surface area contributed by atoms with Crippen molar-refractivity contribution in [2.75, 3.05) is 0 Å². The molecule has 5 rings (SSSR count). The highest BCUT2D eigenvalue weighted by molar-refractivity contribution is 6.08. The summed E-state index contributed by atoms with van der Waals surface area (Å²) in [5.41, 5.74) is 0.922. The van der Waals surface area contributed by atoms with Crippen LogP contribution in [0.1, 0.15) is 12.1 Å². The highest BCUT2D eigenvalue weighted by atomic mass is 16.5. The van der Waals surface area contributed by atoms with Crippen molar-refractivity contribution in [2.24, 2.45) is 0 Å². The van der Waals surface area contributed by atoms with Gasteiger partial charge in [0.25, 0.3) is 5.91 Å². The molecule has 1 aliphatic rings. The van der Waals surface area contributed by atoms with Crippen LogP contribution in [0, 0.1) is 0 Å². The van der Waals surface area contributed by atoms with Gasteiger partial charge in [0, 0.05) is 22.5 Å². The lowest BCUT2D eigenvalue weighted by Crippen LogP contribution is -2.41. The molecule has 3 heterocycles. The van der Waals surface area contributed by atoms with Crippen LogP contribution in [0.15, 0.2) is 60.7 Å². The summed E-state index contributed by atoms with van der Waals surface area (Å²) in [4.78, 5) is 31.1. The van der Waals surface area contributed by atoms with Gasteiger partial charge in [-0.2, -0.15) is 0 Å². The fraction of sp³-hybridized carbons (Fsp3) is 0.100. The molecule has 0 radical (unpaired) electrons. The Morgan fingerprint density at radius 1 is 0.846 bits per heavy atom. The molecule has 6 nitrogen and oxygen atoms in total. The quantitative estimate of drug-likeness (QED) is 0.499. The molecule has 0 saturated carbocycles. The van der Waals surface area contributed by atoms with Gasteiger partial charge in [0.2, 0.25) is 11.5 Å². The smallest absolute Gasteiger partial charge is 0.277 e. The van der Waals surface area contributed by atoms with Gasteiger partial charge in [-0.25, -0.2) is 0 Å². The monoisotopic (exact) mass is 345 g/mol. The van der Waals surface area contributed by atoms with E-state index in [4.69, 9.17) is 4.74 Å². The number of rotatable bonds is 3. The van der Waals surface area contributed by atoms with Gasteiger partial charge in [0.05, 0.1) is 12.1 Å². The van der Waals surface area contributed by atoms with E-state index >= 15 is 0 Å². The van der Waals surface area contributed by atoms with E-state index in [9.17, 15) is 9.59 Å². The molecule has 1 unspecified atom stereocenters. The number of ether oxygens (including phenoxy) is 1. The molecule has 2 aromatic heterocycles. The predicted molar refractivity (Wildman–Crippen MR) is 96.7 cm³/mol. The van der Waals surface area contributed by atoms with Crippen LogP contribution in [0.5, 0.6) is 5.88 Å². The van der Waals surface area contributed by atoms with Gasteiger partial charge in [0.15, 0.2) is 5.88 Å². The van der Waals surface area contributed by atoms with Crippen molar-refractivity contribution >= 4 is 33.6 Å². The summed E-state index contributed by atoms with van der Waals surface area (Å²) in [5.74, 6) is -0.382. The maximum atomic E-state index is 12.7. The van der Waals surface area contributed by atoms with Crippen molar-refractivity contribution in [3.05, 3.63) is 66.4 Å². The summed E-state index contributed by atoms with van der Waals surface area (Å²) in [6, 6.07) is 19.1. The molecule has 26 heavy (non-hydrogen) atoms. The normalized spacial score (nSPS) is 20.0. The minimum absolute atomic E-state index is 0.0754. The molecule has 2 amide bonds. The van der Waals surface area contributed by atoms with Crippen molar-refractivity contribution in [1.82, 2.24) is 15.3 Å². The van der Waals surface area contributed by atoms with Crippen molar-refractivity contribution < 1.29 is 14.3 Å². The Morgan fingerprint density at radius 2 is 1.50 bits per heavy atom. The van der Waals surface area contributed by atoms with E-state index in [0.717, 1.165) is 21.8 Å². The number of para-hydroxylation sites is 2. The molecular formula is C20H15N3O3. The third-order valence-electron chi connectivity index (χ3n) is 4.78. The van der Waals surface area contributed by atoms with Crippen LogP contribution in [0.25, 0.3) is 21.8 Å². The van der Waals surface area contributed by atoms with Crippen LogP contribution < -0.4 is 10.1 Å². The van der Waals surface area contributed by atoms with E-state index < -0.39 is 11.5 Å². The van der Waals surface area contributed by atoms with E-state index in [1.165, 1.54) is 0 Å². The molecule has 1 aliphatic heterocycles. The number of imide groups is 1. The number of benzene rings is 2. The van der Waals surface area contributed by atoms with Gasteiger partial charge in [0.1, 0.15) is 0 Å². The van der Waals surface area contributed by atoms with E-state index in [2.05, 4.69) is 15.3 Å². The van der Waals surface area contributed by atoms with Gasteiger partial charge in [-0.15, -0.1) is 0 Å². The second-order valence-electron chi connectivity index (χ2n) is 6.47. The second-order valence-corrected chi connectivity index (χ2v) is 6.47. The first kappa shape index (κ1) is 14.8. The summed E-state index contributed by atoms with van der Waals surface area (Å²) >= 11 is 0. The Bertz CT molecular complexity index is 1110. The van der Waals surface area contributed by atoms with E-state index in [0.29, 0.717) is 11.6 Å². The summed E-state index contributed by atoms with van der Waals surface area (Å²) in [6.45, 7) is 0. The average Bonchev–Trinajstić information content (AvgIpc) is 3.30. The number of hydrogen-bond donors (Lipinski definition) is 3. The average molecular weight is 345 g/mol. The molecule has 0 spiro atoms. The number of aromatic nitrogens is 2. The molecule has 128 valence electrons. The van der Waals surface area contributed by atoms with Crippen LogP contribution in [0.3, 0.4) is 0 Å². The molecule has 1 atom stereocenters. The molecule has 1 saturated heterocycles. The first-order valence-electron chi connectivity index (χ1n) is 8.33. The Labute approximate surface area is 148 Å². The standard InChI is InChI=1S/C20H15N3O3/c24-17-11-20(19(25)23-17,16-9-12-5-1-3-7-14(12)21-16)26-18-10-13-6-2-4-8-15(13)22-18/h1-10,21-22H,11H2,(H,23,24,25). The van der Waals surface area contributed by atoms with Crippen molar-refractivity contribution in [3.8, 4) is 5.88 Å². The van der Waals surface area contributed by atoms with Crippen LogP contribution in [-0.4, -0.2) is 21.8 Å². The van der Waals surface area contributed by atoms with E-state index in [1.54, 1.807) is 0 Å². The molecule has 1 fully saturated rings. The van der Waals surface area contributed by atoms with E-state index in [1.807, 2.05) is 60.7 Å². The molecule has 0 bridgehead atoms. The van der Waals surface area contributed by atoms with Crippen molar-refractivity contribution in [1.29, 1.82) is 0 Å². The van der Waals surface area contributed by atoms with E-state index in [-0.39, 0.29) is 12.3 Å². The first-order valence-corrected chi connectivity index (χ1v) is 8.33. The Morgan fingerprint density at radius 3 is 2.12 bits per heavy atom. The third-order valence-corrected chi connectivity index (χ3v) is 4.78. The van der Waals surface area contributed by atoms with Gasteiger partial charge < -0.3 is 14.7 Å². The predicted octanol–water partition coefficient (Wildman–Crippen LogP) is 2.97. The maximum Gasteiger partial charge on any atom is 0.277 e. The van der Waals surface area contributed by atoms with Gasteiger partial charge in [-0.1, -0.05) is 36.4 Å². The number of carbonyl (C=O) groups is 2. The fourth-order valence-electron chi connectivity index (χ4n) is 3.51. The number of H-pyrrole nitrogens is 2. The number of hydrogen-bond acceptors (Lipinski definition) is 3. The highest BCUT2D eigenvalue weighted by Crippen LogP contribution is 2.37. The Kier molecular flexibility index (Phi) is 2.97. The zero-order valence-corrected chi connectivity index (χ0v) is 13.7. The lowest BCUT2D eigenvalue weighted by molar-refractivity contribution is -0.134. The van der Waals surface area contributed by atoms with Gasteiger partial charge in [-0.3, -0.25) is 14.9 Å². The largest absolute Gasteiger partial charge is 0.455 e. The van der Waals surface area contributed by atoms with Crippen molar-refractivity contribution in [2.45, 2.75) is 12.0 Å². The second kappa shape index (κ2) is 5.23. The lowest BCUT2D eigenvalue weighted by Gasteiger charge is -2.24. The summed E-state index contributed by atoms with van der Waals surface area (Å²) < 4.78 is 6.13. The molecule has 2 aromatic carbocycles. The minimum atomic E-state index is -1.42. The van der Waals surface area contributed by atoms with Gasteiger partial charge in [-0.05, 0) is 23.6 Å². The molecular weight excluding hydrogens is 330 g/mol. The third kappa shape index (κ3) is 2.12. The van der Waals surface area contributed by atoms with Crippen molar-refractivity contribution in [3.63, 3.8) is 0 Å². The summed E-state index contributed by atoms with van der Waals surface area (Å²) in [7, 11) is 0. The van der Waals surface area contributed by atoms with Gasteiger partial charge >= 0.3 is 0 Å². The highest BCUT2D eigenvalue weighted by Gasteiger charge is 2.52. The maximum absolute atomic E-state index is 12.7. The number of carbonyl (C=O) groups excluding carboxylic acids is 2. The Balaban J connectivity index is 1.65. The first-order chi connectivity index (χ1) is 12.6. The molecule has 4 aromatic rings. The van der Waals surface area contributed by atoms with Crippen LogP contribution in [0.2, 0.25) is 0 Å². The molecule has 0 aliphatic carbocycles. The number of fused-ring (bicyclic) bond motifs is 2. The zero-order chi connectivity index (χ0) is 17.7. The molecule has 3 N–H and O–H groups in total. The molecule has 6 heteroatoms. The Hall–Kier alpha value is -3.54. The SMILES string of the molecule is O=C1CC(Oc2cc3ccccc3[nH]2)(c2cc3ccccc3[nH]2)C(=O)N1. The van der Waals surface area contributed by atoms with Crippen LogP contribution in [0.4, 0.5) is 0 Å². The number of nitrogens with one attached hydrogen (secondary N) is 3. The number of aromatic amines is 2. The lowest BCUT2D eigenvalue weighted by atomic mass is 9.97. The summed E-state index contributed by atoms with van der Waals surface area (Å²) in [5, 5.41) is 4.29. The zero-order valence-electron chi connectivity index (χ0n) is 13.7. The summed E-state index contributed by atoms with van der Waals surface area (Å²) in [6.07, 6.45) is -0.0754. The van der Waals surface area contributed by atoms with Crippen LogP contribution in [-0.2, 0) is 15.2 Å². The fourth-order valence-corrected chi connectivity index (χ4v) is 3.51. The number of amides is 2. The topological polar surface area (TPSA) is 87.0 Å². The van der Waals surface area contributed by atoms with Crippen LogP contribution >= 0.6 is 0 Å².